The van der Waals surface area contributed by atoms with Crippen LogP contribution in [0, 0.1) is 22.6 Å². The monoisotopic (exact) mass is 250 g/mol. The van der Waals surface area contributed by atoms with Crippen LogP contribution in [0.3, 0.4) is 0 Å². The van der Waals surface area contributed by atoms with E-state index in [2.05, 4.69) is 10.1 Å². The second-order valence-electron chi connectivity index (χ2n) is 4.54. The highest BCUT2D eigenvalue weighted by Crippen LogP contribution is 2.21. The Morgan fingerprint density at radius 1 is 1.56 bits per heavy atom. The molecule has 0 bridgehead atoms. The zero-order chi connectivity index (χ0) is 13.8. The summed E-state index contributed by atoms with van der Waals surface area (Å²) < 4.78 is 18.2. The van der Waals surface area contributed by atoms with E-state index in [1.165, 1.54) is 19.2 Å². The average molecular weight is 250 g/mol. The third kappa shape index (κ3) is 3.20. The molecule has 0 unspecified atom stereocenters. The summed E-state index contributed by atoms with van der Waals surface area (Å²) in [5.41, 5.74) is -0.244. The molecular weight excluding hydrogens is 235 g/mol. The molecule has 1 aromatic carbocycles. The van der Waals surface area contributed by atoms with Crippen molar-refractivity contribution in [3.63, 3.8) is 0 Å². The normalized spacial score (nSPS) is 10.6. The molecular formula is C13H15FN2O2. The van der Waals surface area contributed by atoms with Gasteiger partial charge in [0.05, 0.1) is 29.8 Å². The number of halogens is 1. The van der Waals surface area contributed by atoms with Crippen LogP contribution in [-0.2, 0) is 9.53 Å². The SMILES string of the molecule is COC(=O)C(C)(C)CNc1ccc(C#N)cc1F. The summed E-state index contributed by atoms with van der Waals surface area (Å²) in [6.07, 6.45) is 0. The van der Waals surface area contributed by atoms with Crippen LogP contribution in [0.1, 0.15) is 19.4 Å². The van der Waals surface area contributed by atoms with Gasteiger partial charge in [-0.1, -0.05) is 0 Å². The zero-order valence-electron chi connectivity index (χ0n) is 10.6. The summed E-state index contributed by atoms with van der Waals surface area (Å²) >= 11 is 0. The van der Waals surface area contributed by atoms with E-state index in [1.54, 1.807) is 13.8 Å². The quantitative estimate of drug-likeness (QED) is 0.833. The Balaban J connectivity index is 2.76. The summed E-state index contributed by atoms with van der Waals surface area (Å²) in [5, 5.41) is 11.5. The molecule has 0 aromatic heterocycles. The van der Waals surface area contributed by atoms with Gasteiger partial charge in [-0.15, -0.1) is 0 Å². The van der Waals surface area contributed by atoms with E-state index in [0.29, 0.717) is 0 Å². The minimum absolute atomic E-state index is 0.239. The van der Waals surface area contributed by atoms with Crippen molar-refractivity contribution in [3.8, 4) is 6.07 Å². The Morgan fingerprint density at radius 3 is 2.72 bits per heavy atom. The number of carbonyl (C=O) groups excluding carboxylic acids is 1. The lowest BCUT2D eigenvalue weighted by atomic mass is 9.93. The predicted molar refractivity (Wildman–Crippen MR) is 65.4 cm³/mol. The number of ether oxygens (including phenoxy) is 1. The Hall–Kier alpha value is -2.09. The van der Waals surface area contributed by atoms with E-state index >= 15 is 0 Å². The van der Waals surface area contributed by atoms with Gasteiger partial charge in [0.25, 0.3) is 0 Å². The number of esters is 1. The fourth-order valence-corrected chi connectivity index (χ4v) is 1.39. The van der Waals surface area contributed by atoms with Gasteiger partial charge in [-0.05, 0) is 32.0 Å². The number of hydrogen-bond acceptors (Lipinski definition) is 4. The van der Waals surface area contributed by atoms with Gasteiger partial charge < -0.3 is 10.1 Å². The number of benzene rings is 1. The van der Waals surface area contributed by atoms with Crippen LogP contribution in [-0.4, -0.2) is 19.6 Å². The summed E-state index contributed by atoms with van der Waals surface area (Å²) in [4.78, 5) is 11.4. The van der Waals surface area contributed by atoms with Crippen molar-refractivity contribution in [2.24, 2.45) is 5.41 Å². The van der Waals surface area contributed by atoms with Gasteiger partial charge >= 0.3 is 5.97 Å². The fraction of sp³-hybridized carbons (Fsp3) is 0.385. The van der Waals surface area contributed by atoms with Gasteiger partial charge in [0.15, 0.2) is 0 Å². The molecule has 0 fully saturated rings. The van der Waals surface area contributed by atoms with Crippen molar-refractivity contribution in [1.82, 2.24) is 0 Å². The Morgan fingerprint density at radius 2 is 2.22 bits per heavy atom. The molecule has 0 atom stereocenters. The van der Waals surface area contributed by atoms with E-state index in [0.717, 1.165) is 6.07 Å². The van der Waals surface area contributed by atoms with E-state index < -0.39 is 11.2 Å². The summed E-state index contributed by atoms with van der Waals surface area (Å²) in [6, 6.07) is 5.98. The maximum Gasteiger partial charge on any atom is 0.313 e. The van der Waals surface area contributed by atoms with Crippen molar-refractivity contribution in [2.45, 2.75) is 13.8 Å². The number of methoxy groups -OCH3 is 1. The molecule has 96 valence electrons. The molecule has 0 saturated heterocycles. The van der Waals surface area contributed by atoms with Gasteiger partial charge in [-0.3, -0.25) is 4.79 Å². The molecule has 1 aromatic rings. The molecule has 4 nitrogen and oxygen atoms in total. The first kappa shape index (κ1) is 14.0. The molecule has 0 aliphatic carbocycles. The largest absolute Gasteiger partial charge is 0.469 e. The molecule has 1 rings (SSSR count). The molecule has 0 heterocycles. The maximum atomic E-state index is 13.6. The number of carbonyl (C=O) groups is 1. The predicted octanol–water partition coefficient (Wildman–Crippen LogP) is 2.31. The molecule has 0 saturated carbocycles. The van der Waals surface area contributed by atoms with Crippen LogP contribution in [0.5, 0.6) is 0 Å². The number of rotatable bonds is 4. The lowest BCUT2D eigenvalue weighted by Gasteiger charge is -2.22. The first-order valence-electron chi connectivity index (χ1n) is 5.42. The highest BCUT2D eigenvalue weighted by molar-refractivity contribution is 5.76. The lowest BCUT2D eigenvalue weighted by Crippen LogP contribution is -2.33. The summed E-state index contributed by atoms with van der Waals surface area (Å²) in [5.74, 6) is -0.890. The number of nitriles is 1. The Kier molecular flexibility index (Phi) is 4.27. The van der Waals surface area contributed by atoms with Crippen molar-refractivity contribution in [3.05, 3.63) is 29.6 Å². The van der Waals surface area contributed by atoms with Gasteiger partial charge in [0.1, 0.15) is 5.82 Å². The molecule has 0 spiro atoms. The van der Waals surface area contributed by atoms with Gasteiger partial charge in [-0.25, -0.2) is 4.39 Å². The highest BCUT2D eigenvalue weighted by Gasteiger charge is 2.28. The van der Waals surface area contributed by atoms with E-state index in [-0.39, 0.29) is 23.8 Å². The van der Waals surface area contributed by atoms with E-state index in [4.69, 9.17) is 5.26 Å². The van der Waals surface area contributed by atoms with Crippen LogP contribution in [0.2, 0.25) is 0 Å². The van der Waals surface area contributed by atoms with Gasteiger partial charge in [0, 0.05) is 6.54 Å². The molecule has 0 amide bonds. The summed E-state index contributed by atoms with van der Waals surface area (Å²) in [6.45, 7) is 3.64. The smallest absolute Gasteiger partial charge is 0.313 e. The third-order valence-corrected chi connectivity index (χ3v) is 2.56. The van der Waals surface area contributed by atoms with Crippen LogP contribution < -0.4 is 5.32 Å². The number of hydrogen-bond donors (Lipinski definition) is 1. The standard InChI is InChI=1S/C13H15FN2O2/c1-13(2,12(17)18-3)8-16-11-5-4-9(7-15)6-10(11)14/h4-6,16H,8H2,1-3H3. The number of nitrogens with zero attached hydrogens (tertiary/aromatic N) is 1. The molecule has 18 heavy (non-hydrogen) atoms. The van der Waals surface area contributed by atoms with Gasteiger partial charge in [-0.2, -0.15) is 5.26 Å². The minimum atomic E-state index is -0.755. The minimum Gasteiger partial charge on any atom is -0.469 e. The number of nitrogens with one attached hydrogen (secondary N) is 1. The highest BCUT2D eigenvalue weighted by atomic mass is 19.1. The first-order chi connectivity index (χ1) is 8.40. The van der Waals surface area contributed by atoms with Crippen LogP contribution in [0.15, 0.2) is 18.2 Å². The Labute approximate surface area is 105 Å². The third-order valence-electron chi connectivity index (χ3n) is 2.56. The van der Waals surface area contributed by atoms with Crippen molar-refractivity contribution >= 4 is 11.7 Å². The molecule has 0 radical (unpaired) electrons. The van der Waals surface area contributed by atoms with Crippen LogP contribution in [0.25, 0.3) is 0 Å². The van der Waals surface area contributed by atoms with Crippen molar-refractivity contribution in [2.75, 3.05) is 19.0 Å². The molecule has 5 heteroatoms. The average Bonchev–Trinajstić information content (AvgIpc) is 2.36. The number of anilines is 1. The topological polar surface area (TPSA) is 62.1 Å². The van der Waals surface area contributed by atoms with E-state index in [9.17, 15) is 9.18 Å². The lowest BCUT2D eigenvalue weighted by molar-refractivity contribution is -0.149. The van der Waals surface area contributed by atoms with Crippen LogP contribution >= 0.6 is 0 Å². The van der Waals surface area contributed by atoms with Crippen LogP contribution in [0.4, 0.5) is 10.1 Å². The Bertz CT molecular complexity index is 492. The van der Waals surface area contributed by atoms with Crippen molar-refractivity contribution in [1.29, 1.82) is 5.26 Å². The van der Waals surface area contributed by atoms with Gasteiger partial charge in [0.2, 0.25) is 0 Å². The fourth-order valence-electron chi connectivity index (χ4n) is 1.39. The molecule has 0 aliphatic rings. The van der Waals surface area contributed by atoms with E-state index in [1.807, 2.05) is 6.07 Å². The first-order valence-corrected chi connectivity index (χ1v) is 5.42. The zero-order valence-corrected chi connectivity index (χ0v) is 10.6. The second kappa shape index (κ2) is 5.50. The molecule has 1 N–H and O–H groups in total. The maximum absolute atomic E-state index is 13.6. The second-order valence-corrected chi connectivity index (χ2v) is 4.54. The molecule has 0 aliphatic heterocycles. The summed E-state index contributed by atoms with van der Waals surface area (Å²) in [7, 11) is 1.31. The van der Waals surface area contributed by atoms with Crippen molar-refractivity contribution < 1.29 is 13.9 Å².